The molecule has 2 N–H and O–H groups in total. The predicted molar refractivity (Wildman–Crippen MR) is 106 cm³/mol. The van der Waals surface area contributed by atoms with Crippen LogP contribution >= 0.6 is 11.3 Å². The van der Waals surface area contributed by atoms with Crippen LogP contribution in [0.25, 0.3) is 0 Å². The van der Waals surface area contributed by atoms with Crippen LogP contribution in [0.2, 0.25) is 0 Å². The molecule has 0 aliphatic heterocycles. The van der Waals surface area contributed by atoms with Crippen molar-refractivity contribution in [2.75, 3.05) is 19.6 Å². The minimum absolute atomic E-state index is 0.0625. The SMILES string of the molecule is CCN(CC(=O)NC(C)C)CC(=O)N[C@@H](c1ccccc1)c1cccs1. The minimum Gasteiger partial charge on any atom is -0.353 e. The Bertz CT molecular complexity index is 686. The molecule has 1 heterocycles. The summed E-state index contributed by atoms with van der Waals surface area (Å²) in [5.74, 6) is -0.154. The normalized spacial score (nSPS) is 12.2. The van der Waals surface area contributed by atoms with Crippen LogP contribution in [0.1, 0.15) is 37.3 Å². The minimum atomic E-state index is -0.174. The highest BCUT2D eigenvalue weighted by Gasteiger charge is 2.20. The van der Waals surface area contributed by atoms with Crippen molar-refractivity contribution in [1.82, 2.24) is 15.5 Å². The van der Waals surface area contributed by atoms with Crippen LogP contribution in [0.5, 0.6) is 0 Å². The summed E-state index contributed by atoms with van der Waals surface area (Å²) in [6, 6.07) is 13.9. The first-order valence-corrected chi connectivity index (χ1v) is 9.77. The van der Waals surface area contributed by atoms with Crippen LogP contribution in [-0.4, -0.2) is 42.4 Å². The molecule has 5 nitrogen and oxygen atoms in total. The van der Waals surface area contributed by atoms with Gasteiger partial charge in [0.1, 0.15) is 0 Å². The van der Waals surface area contributed by atoms with Gasteiger partial charge in [-0.25, -0.2) is 0 Å². The van der Waals surface area contributed by atoms with Gasteiger partial charge in [-0.05, 0) is 37.4 Å². The highest BCUT2D eigenvalue weighted by molar-refractivity contribution is 7.10. The monoisotopic (exact) mass is 373 g/mol. The lowest BCUT2D eigenvalue weighted by Crippen LogP contribution is -2.44. The first-order chi connectivity index (χ1) is 12.5. The van der Waals surface area contributed by atoms with Gasteiger partial charge in [0.25, 0.3) is 0 Å². The van der Waals surface area contributed by atoms with Crippen molar-refractivity contribution in [2.45, 2.75) is 32.9 Å². The van der Waals surface area contributed by atoms with Gasteiger partial charge < -0.3 is 10.6 Å². The van der Waals surface area contributed by atoms with Gasteiger partial charge >= 0.3 is 0 Å². The third-order valence-electron chi connectivity index (χ3n) is 3.90. The van der Waals surface area contributed by atoms with Gasteiger partial charge in [0.2, 0.25) is 11.8 Å². The summed E-state index contributed by atoms with van der Waals surface area (Å²) < 4.78 is 0. The summed E-state index contributed by atoms with van der Waals surface area (Å²) >= 11 is 1.62. The Morgan fingerprint density at radius 2 is 1.65 bits per heavy atom. The Hall–Kier alpha value is -2.18. The zero-order valence-corrected chi connectivity index (χ0v) is 16.4. The van der Waals surface area contributed by atoms with Crippen LogP contribution in [0.15, 0.2) is 47.8 Å². The van der Waals surface area contributed by atoms with E-state index in [9.17, 15) is 9.59 Å². The fourth-order valence-electron chi connectivity index (χ4n) is 2.68. The maximum Gasteiger partial charge on any atom is 0.234 e. The average Bonchev–Trinajstić information content (AvgIpc) is 3.13. The van der Waals surface area contributed by atoms with Gasteiger partial charge in [-0.15, -0.1) is 11.3 Å². The van der Waals surface area contributed by atoms with E-state index in [0.717, 1.165) is 10.4 Å². The molecule has 0 aliphatic carbocycles. The topological polar surface area (TPSA) is 61.4 Å². The molecule has 2 rings (SSSR count). The Morgan fingerprint density at radius 1 is 1.00 bits per heavy atom. The number of hydrogen-bond acceptors (Lipinski definition) is 4. The molecule has 26 heavy (non-hydrogen) atoms. The highest BCUT2D eigenvalue weighted by atomic mass is 32.1. The molecule has 0 unspecified atom stereocenters. The lowest BCUT2D eigenvalue weighted by atomic mass is 10.1. The summed E-state index contributed by atoms with van der Waals surface area (Å²) in [5, 5.41) is 7.98. The number of hydrogen-bond donors (Lipinski definition) is 2. The maximum atomic E-state index is 12.6. The second-order valence-corrected chi connectivity index (χ2v) is 7.43. The highest BCUT2D eigenvalue weighted by Crippen LogP contribution is 2.25. The smallest absolute Gasteiger partial charge is 0.234 e. The van der Waals surface area contributed by atoms with E-state index in [1.165, 1.54) is 0 Å². The lowest BCUT2D eigenvalue weighted by Gasteiger charge is -2.23. The summed E-state index contributed by atoms with van der Waals surface area (Å²) in [4.78, 5) is 27.5. The van der Waals surface area contributed by atoms with Crippen molar-refractivity contribution in [1.29, 1.82) is 0 Å². The zero-order chi connectivity index (χ0) is 18.9. The first-order valence-electron chi connectivity index (χ1n) is 8.89. The lowest BCUT2D eigenvalue weighted by molar-refractivity contribution is -0.125. The predicted octanol–water partition coefficient (Wildman–Crippen LogP) is 2.80. The molecule has 0 saturated carbocycles. The molecular formula is C20H27N3O2S. The van der Waals surface area contributed by atoms with Crippen molar-refractivity contribution < 1.29 is 9.59 Å². The number of carbonyl (C=O) groups excluding carboxylic acids is 2. The Balaban J connectivity index is 2.01. The number of amides is 2. The molecule has 0 aliphatic rings. The summed E-state index contributed by atoms with van der Waals surface area (Å²) in [7, 11) is 0. The third-order valence-corrected chi connectivity index (χ3v) is 4.83. The summed E-state index contributed by atoms with van der Waals surface area (Å²) in [6.45, 7) is 6.84. The van der Waals surface area contributed by atoms with Crippen molar-refractivity contribution >= 4 is 23.2 Å². The largest absolute Gasteiger partial charge is 0.353 e. The molecule has 1 aromatic heterocycles. The molecule has 0 spiro atoms. The number of likely N-dealkylation sites (N-methyl/N-ethyl adjacent to an activating group) is 1. The van der Waals surface area contributed by atoms with E-state index >= 15 is 0 Å². The maximum absolute atomic E-state index is 12.6. The second kappa shape index (κ2) is 10.1. The zero-order valence-electron chi connectivity index (χ0n) is 15.6. The molecule has 1 atom stereocenters. The van der Waals surface area contributed by atoms with Crippen LogP contribution in [0.4, 0.5) is 0 Å². The first kappa shape index (κ1) is 20.1. The van der Waals surface area contributed by atoms with Crippen LogP contribution < -0.4 is 10.6 Å². The van der Waals surface area contributed by atoms with Gasteiger partial charge in [-0.3, -0.25) is 14.5 Å². The molecular weight excluding hydrogens is 346 g/mol. The van der Waals surface area contributed by atoms with Crippen LogP contribution in [0.3, 0.4) is 0 Å². The number of carbonyl (C=O) groups is 2. The van der Waals surface area contributed by atoms with Crippen LogP contribution in [-0.2, 0) is 9.59 Å². The van der Waals surface area contributed by atoms with Crippen molar-refractivity contribution in [3.8, 4) is 0 Å². The van der Waals surface area contributed by atoms with Gasteiger partial charge in [-0.1, -0.05) is 43.3 Å². The Kier molecular flexibility index (Phi) is 7.81. The fraction of sp³-hybridized carbons (Fsp3) is 0.400. The summed E-state index contributed by atoms with van der Waals surface area (Å²) in [5.41, 5.74) is 1.05. The number of nitrogens with one attached hydrogen (secondary N) is 2. The molecule has 2 amide bonds. The molecule has 0 bridgehead atoms. The number of thiophene rings is 1. The molecule has 0 saturated heterocycles. The Labute approximate surface area is 159 Å². The number of nitrogens with zero attached hydrogens (tertiary/aromatic N) is 1. The molecule has 6 heteroatoms. The fourth-order valence-corrected chi connectivity index (χ4v) is 3.48. The molecule has 0 radical (unpaired) electrons. The van der Waals surface area contributed by atoms with Crippen LogP contribution in [0, 0.1) is 0 Å². The Morgan fingerprint density at radius 3 is 2.19 bits per heavy atom. The summed E-state index contributed by atoms with van der Waals surface area (Å²) in [6.07, 6.45) is 0. The second-order valence-electron chi connectivity index (χ2n) is 6.45. The van der Waals surface area contributed by atoms with E-state index < -0.39 is 0 Å². The average molecular weight is 374 g/mol. The van der Waals surface area contributed by atoms with Gasteiger partial charge in [0.15, 0.2) is 0 Å². The molecule has 0 fully saturated rings. The van der Waals surface area contributed by atoms with Crippen molar-refractivity contribution in [3.05, 3.63) is 58.3 Å². The number of rotatable bonds is 9. The van der Waals surface area contributed by atoms with Crippen molar-refractivity contribution in [2.24, 2.45) is 0 Å². The van der Waals surface area contributed by atoms with E-state index in [1.54, 1.807) is 11.3 Å². The molecule has 2 aromatic rings. The molecule has 140 valence electrons. The number of benzene rings is 1. The van der Waals surface area contributed by atoms with E-state index in [1.807, 2.05) is 73.5 Å². The van der Waals surface area contributed by atoms with Gasteiger partial charge in [0, 0.05) is 10.9 Å². The quantitative estimate of drug-likeness (QED) is 0.710. The third kappa shape index (κ3) is 6.28. The van der Waals surface area contributed by atoms with Gasteiger partial charge in [0.05, 0.1) is 19.1 Å². The van der Waals surface area contributed by atoms with E-state index in [4.69, 9.17) is 0 Å². The van der Waals surface area contributed by atoms with E-state index in [-0.39, 0.29) is 37.0 Å². The molecule has 1 aromatic carbocycles. The van der Waals surface area contributed by atoms with Crippen molar-refractivity contribution in [3.63, 3.8) is 0 Å². The van der Waals surface area contributed by atoms with Gasteiger partial charge in [-0.2, -0.15) is 0 Å². The van der Waals surface area contributed by atoms with E-state index in [2.05, 4.69) is 10.6 Å². The van der Waals surface area contributed by atoms with E-state index in [0.29, 0.717) is 6.54 Å². The standard InChI is InChI=1S/C20H27N3O2S/c1-4-23(13-18(24)21-15(2)3)14-19(25)22-20(17-11-8-12-26-17)16-9-6-5-7-10-16/h5-12,15,20H,4,13-14H2,1-3H3,(H,21,24)(H,22,25)/t20-/m0/s1.